The van der Waals surface area contributed by atoms with Crippen molar-refractivity contribution in [3.63, 3.8) is 0 Å². The van der Waals surface area contributed by atoms with Crippen LogP contribution in [0.2, 0.25) is 0 Å². The minimum Gasteiger partial charge on any atom is -0.334 e. The van der Waals surface area contributed by atoms with Crippen LogP contribution in [-0.2, 0) is 25.8 Å². The van der Waals surface area contributed by atoms with Crippen LogP contribution in [0.15, 0.2) is 18.2 Å². The Morgan fingerprint density at radius 2 is 2.13 bits per heavy atom. The molecular weight excluding hydrogens is 290 g/mol. The lowest BCUT2D eigenvalue weighted by Gasteiger charge is -2.28. The molecule has 0 saturated heterocycles. The van der Waals surface area contributed by atoms with Crippen LogP contribution in [0, 0.1) is 0 Å². The molecule has 1 aromatic carbocycles. The van der Waals surface area contributed by atoms with E-state index in [0.29, 0.717) is 31.5 Å². The number of Topliss-reactive ketones (excluding diaryl/α,β-unsaturated/α-hetero) is 1. The summed E-state index contributed by atoms with van der Waals surface area (Å²) in [6, 6.07) is 5.51. The van der Waals surface area contributed by atoms with Crippen molar-refractivity contribution < 1.29 is 9.59 Å². The molecule has 1 aliphatic carbocycles. The molecule has 0 fully saturated rings. The summed E-state index contributed by atoms with van der Waals surface area (Å²) in [4.78, 5) is 26.8. The van der Waals surface area contributed by atoms with Crippen molar-refractivity contribution in [2.24, 2.45) is 0 Å². The summed E-state index contributed by atoms with van der Waals surface area (Å²) in [5.74, 6) is 0.184. The molecule has 0 radical (unpaired) electrons. The molecule has 5 heteroatoms. The molecule has 0 saturated carbocycles. The first kappa shape index (κ1) is 14.2. The van der Waals surface area contributed by atoms with Gasteiger partial charge in [0.05, 0.1) is 5.69 Å². The summed E-state index contributed by atoms with van der Waals surface area (Å²) >= 11 is 0. The van der Waals surface area contributed by atoms with Crippen LogP contribution in [0.25, 0.3) is 0 Å². The Bertz CT molecular complexity index is 793. The Kier molecular flexibility index (Phi) is 3.29. The van der Waals surface area contributed by atoms with Gasteiger partial charge in [0.15, 0.2) is 5.78 Å². The van der Waals surface area contributed by atoms with E-state index < -0.39 is 0 Å². The monoisotopic (exact) mass is 309 g/mol. The van der Waals surface area contributed by atoms with Crippen molar-refractivity contribution in [1.29, 1.82) is 0 Å². The standard InChI is InChI=1S/C18H19N3O2/c1-2-15-14-10-21(9-8-16(14)20-19-15)18(23)13-5-3-4-12-11(13)6-7-17(12)22/h3-5H,2,6-10H2,1H3,(H,19,20). The molecule has 2 aromatic rings. The minimum absolute atomic E-state index is 0.0328. The summed E-state index contributed by atoms with van der Waals surface area (Å²) in [6.07, 6.45) is 2.87. The van der Waals surface area contributed by atoms with E-state index >= 15 is 0 Å². The lowest BCUT2D eigenvalue weighted by molar-refractivity contribution is 0.0732. The van der Waals surface area contributed by atoms with Crippen molar-refractivity contribution in [3.8, 4) is 0 Å². The number of nitrogens with zero attached hydrogens (tertiary/aromatic N) is 2. The molecular formula is C18H19N3O2. The smallest absolute Gasteiger partial charge is 0.254 e. The fourth-order valence-electron chi connectivity index (χ4n) is 3.68. The first-order valence-corrected chi connectivity index (χ1v) is 8.18. The van der Waals surface area contributed by atoms with Crippen LogP contribution in [0.5, 0.6) is 0 Å². The maximum atomic E-state index is 13.0. The van der Waals surface area contributed by atoms with Gasteiger partial charge in [-0.2, -0.15) is 5.10 Å². The van der Waals surface area contributed by atoms with Crippen molar-refractivity contribution in [1.82, 2.24) is 15.1 Å². The van der Waals surface area contributed by atoms with Crippen LogP contribution in [0.4, 0.5) is 0 Å². The van der Waals surface area contributed by atoms with E-state index in [0.717, 1.165) is 40.9 Å². The van der Waals surface area contributed by atoms with Crippen LogP contribution < -0.4 is 0 Å². The first-order valence-electron chi connectivity index (χ1n) is 8.18. The highest BCUT2D eigenvalue weighted by molar-refractivity contribution is 6.05. The summed E-state index contributed by atoms with van der Waals surface area (Å²) in [7, 11) is 0. The maximum absolute atomic E-state index is 13.0. The minimum atomic E-state index is 0.0328. The van der Waals surface area contributed by atoms with E-state index in [1.165, 1.54) is 0 Å². The molecule has 5 nitrogen and oxygen atoms in total. The van der Waals surface area contributed by atoms with Gasteiger partial charge in [0.2, 0.25) is 0 Å². The summed E-state index contributed by atoms with van der Waals surface area (Å²) in [6.45, 7) is 3.37. The third kappa shape index (κ3) is 2.19. The molecule has 4 rings (SSSR count). The topological polar surface area (TPSA) is 66.1 Å². The Hall–Kier alpha value is -2.43. The molecule has 2 heterocycles. The number of aromatic nitrogens is 2. The molecule has 1 amide bonds. The lowest BCUT2D eigenvalue weighted by atomic mass is 9.99. The number of benzene rings is 1. The van der Waals surface area contributed by atoms with Crippen LogP contribution in [0.3, 0.4) is 0 Å². The van der Waals surface area contributed by atoms with E-state index in [2.05, 4.69) is 17.1 Å². The van der Waals surface area contributed by atoms with Crippen LogP contribution in [-0.4, -0.2) is 33.3 Å². The number of aryl methyl sites for hydroxylation is 1. The number of nitrogens with one attached hydrogen (secondary N) is 1. The second-order valence-corrected chi connectivity index (χ2v) is 6.21. The number of aromatic amines is 1. The number of hydrogen-bond acceptors (Lipinski definition) is 3. The normalized spacial score (nSPS) is 16.4. The largest absolute Gasteiger partial charge is 0.334 e. The number of carbonyl (C=O) groups is 2. The van der Waals surface area contributed by atoms with Crippen molar-refractivity contribution in [2.75, 3.05) is 6.54 Å². The highest BCUT2D eigenvalue weighted by Gasteiger charge is 2.29. The molecule has 1 N–H and O–H groups in total. The van der Waals surface area contributed by atoms with E-state index in [9.17, 15) is 9.59 Å². The quantitative estimate of drug-likeness (QED) is 0.925. The number of hydrogen-bond donors (Lipinski definition) is 1. The highest BCUT2D eigenvalue weighted by Crippen LogP contribution is 2.28. The van der Waals surface area contributed by atoms with Crippen molar-refractivity contribution >= 4 is 11.7 Å². The van der Waals surface area contributed by atoms with Crippen molar-refractivity contribution in [2.45, 2.75) is 39.2 Å². The van der Waals surface area contributed by atoms with Gasteiger partial charge in [0.1, 0.15) is 0 Å². The van der Waals surface area contributed by atoms with Gasteiger partial charge >= 0.3 is 0 Å². The number of carbonyl (C=O) groups excluding carboxylic acids is 2. The Balaban J connectivity index is 1.65. The number of fused-ring (bicyclic) bond motifs is 2. The Morgan fingerprint density at radius 3 is 2.96 bits per heavy atom. The molecule has 118 valence electrons. The number of amides is 1. The van der Waals surface area contributed by atoms with Gasteiger partial charge in [-0.25, -0.2) is 0 Å². The zero-order chi connectivity index (χ0) is 16.0. The van der Waals surface area contributed by atoms with Gasteiger partial charge in [-0.05, 0) is 24.5 Å². The van der Waals surface area contributed by atoms with Gasteiger partial charge in [0.25, 0.3) is 5.91 Å². The van der Waals surface area contributed by atoms with Gasteiger partial charge < -0.3 is 4.90 Å². The molecule has 2 aliphatic rings. The third-order valence-corrected chi connectivity index (χ3v) is 4.95. The zero-order valence-corrected chi connectivity index (χ0v) is 13.2. The van der Waals surface area contributed by atoms with Gasteiger partial charge in [-0.1, -0.05) is 19.1 Å². The SMILES string of the molecule is CCc1n[nH]c2c1CN(C(=O)c1cccc3c1CCC3=O)CC2. The molecule has 0 unspecified atom stereocenters. The molecule has 0 bridgehead atoms. The van der Waals surface area contributed by atoms with E-state index in [1.54, 1.807) is 0 Å². The van der Waals surface area contributed by atoms with Gasteiger partial charge in [-0.3, -0.25) is 14.7 Å². The Morgan fingerprint density at radius 1 is 1.26 bits per heavy atom. The summed E-state index contributed by atoms with van der Waals surface area (Å²) in [5, 5.41) is 7.43. The van der Waals surface area contributed by atoms with Crippen molar-refractivity contribution in [3.05, 3.63) is 51.8 Å². The average molecular weight is 309 g/mol. The molecule has 1 aliphatic heterocycles. The van der Waals surface area contributed by atoms with Gasteiger partial charge in [-0.15, -0.1) is 0 Å². The lowest BCUT2D eigenvalue weighted by Crippen LogP contribution is -2.36. The zero-order valence-electron chi connectivity index (χ0n) is 13.2. The fraction of sp³-hybridized carbons (Fsp3) is 0.389. The maximum Gasteiger partial charge on any atom is 0.254 e. The predicted octanol–water partition coefficient (Wildman–Crippen LogP) is 2.30. The second-order valence-electron chi connectivity index (χ2n) is 6.21. The molecule has 0 atom stereocenters. The van der Waals surface area contributed by atoms with Gasteiger partial charge in [0, 0.05) is 48.3 Å². The van der Waals surface area contributed by atoms with E-state index in [-0.39, 0.29) is 11.7 Å². The number of H-pyrrole nitrogens is 1. The molecule has 0 spiro atoms. The van der Waals surface area contributed by atoms with E-state index in [1.807, 2.05) is 23.1 Å². The van der Waals surface area contributed by atoms with E-state index in [4.69, 9.17) is 0 Å². The fourth-order valence-corrected chi connectivity index (χ4v) is 3.68. The average Bonchev–Trinajstić information content (AvgIpc) is 3.17. The van der Waals surface area contributed by atoms with Crippen LogP contribution >= 0.6 is 0 Å². The number of rotatable bonds is 2. The second kappa shape index (κ2) is 5.33. The highest BCUT2D eigenvalue weighted by atomic mass is 16.2. The van der Waals surface area contributed by atoms with Crippen LogP contribution in [0.1, 0.15) is 56.6 Å². The summed E-state index contributed by atoms with van der Waals surface area (Å²) < 4.78 is 0. The first-order chi connectivity index (χ1) is 11.2. The summed E-state index contributed by atoms with van der Waals surface area (Å²) in [5.41, 5.74) is 5.71. The Labute approximate surface area is 134 Å². The molecule has 1 aromatic heterocycles. The third-order valence-electron chi connectivity index (χ3n) is 4.95. The molecule has 23 heavy (non-hydrogen) atoms. The number of ketones is 1. The predicted molar refractivity (Wildman–Crippen MR) is 85.5 cm³/mol.